The van der Waals surface area contributed by atoms with Crippen molar-refractivity contribution >= 4 is 16.7 Å². The highest BCUT2D eigenvalue weighted by Crippen LogP contribution is 2.25. The Kier molecular flexibility index (Phi) is 3.66. The number of amides is 1. The van der Waals surface area contributed by atoms with Crippen molar-refractivity contribution in [1.82, 2.24) is 5.32 Å². The van der Waals surface area contributed by atoms with Crippen LogP contribution < -0.4 is 5.32 Å². The Hall–Kier alpha value is -1.91. The molecule has 2 aromatic rings. The van der Waals surface area contributed by atoms with Gasteiger partial charge in [-0.2, -0.15) is 0 Å². The van der Waals surface area contributed by atoms with E-state index in [0.29, 0.717) is 18.6 Å². The molecule has 0 radical (unpaired) electrons. The number of hydrogen-bond acceptors (Lipinski definition) is 3. The van der Waals surface area contributed by atoms with Crippen LogP contribution in [0.2, 0.25) is 0 Å². The highest BCUT2D eigenvalue weighted by Gasteiger charge is 2.39. The summed E-state index contributed by atoms with van der Waals surface area (Å²) in [5.41, 5.74) is -0.365. The Bertz CT molecular complexity index is 670. The summed E-state index contributed by atoms with van der Waals surface area (Å²) in [5.74, 6) is -0.173. The summed E-state index contributed by atoms with van der Waals surface area (Å²) in [6.45, 7) is 2.57. The molecule has 4 heteroatoms. The van der Waals surface area contributed by atoms with Gasteiger partial charge < -0.3 is 15.2 Å². The molecule has 0 bridgehead atoms. The molecule has 2 unspecified atom stereocenters. The molecule has 110 valence electrons. The van der Waals surface area contributed by atoms with Crippen LogP contribution in [0, 0.1) is 0 Å². The minimum Gasteiger partial charge on any atom is -0.385 e. The molecule has 1 aliphatic rings. The average molecular weight is 285 g/mol. The maximum Gasteiger partial charge on any atom is 0.251 e. The van der Waals surface area contributed by atoms with Gasteiger partial charge >= 0.3 is 0 Å². The summed E-state index contributed by atoms with van der Waals surface area (Å²) in [4.78, 5) is 12.2. The van der Waals surface area contributed by atoms with Gasteiger partial charge in [0.05, 0.1) is 6.10 Å². The maximum absolute atomic E-state index is 12.2. The van der Waals surface area contributed by atoms with Gasteiger partial charge in [-0.05, 0) is 29.8 Å². The molecule has 1 amide bonds. The number of aliphatic hydroxyl groups is 1. The van der Waals surface area contributed by atoms with Crippen LogP contribution in [-0.2, 0) is 4.74 Å². The Labute approximate surface area is 123 Å². The molecule has 1 aliphatic heterocycles. The molecule has 2 aromatic carbocycles. The van der Waals surface area contributed by atoms with Crippen molar-refractivity contribution < 1.29 is 14.6 Å². The van der Waals surface area contributed by atoms with Crippen molar-refractivity contribution in [2.75, 3.05) is 13.2 Å². The SMILES string of the molecule is CC1OCCC1(O)CNC(=O)c1ccc2ccccc2c1. The third-order valence-corrected chi connectivity index (χ3v) is 4.23. The minimum absolute atomic E-state index is 0.173. The predicted molar refractivity (Wildman–Crippen MR) is 81.3 cm³/mol. The van der Waals surface area contributed by atoms with Crippen LogP contribution in [-0.4, -0.2) is 35.9 Å². The summed E-state index contributed by atoms with van der Waals surface area (Å²) >= 11 is 0. The van der Waals surface area contributed by atoms with Gasteiger partial charge in [0.25, 0.3) is 5.91 Å². The van der Waals surface area contributed by atoms with Crippen LogP contribution in [0.25, 0.3) is 10.8 Å². The lowest BCUT2D eigenvalue weighted by Gasteiger charge is -2.26. The molecule has 0 aliphatic carbocycles. The quantitative estimate of drug-likeness (QED) is 0.908. The van der Waals surface area contributed by atoms with Crippen molar-refractivity contribution in [3.8, 4) is 0 Å². The topological polar surface area (TPSA) is 58.6 Å². The third kappa shape index (κ3) is 2.77. The fourth-order valence-electron chi connectivity index (χ4n) is 2.67. The number of carbonyl (C=O) groups is 1. The second-order valence-corrected chi connectivity index (χ2v) is 5.61. The summed E-state index contributed by atoms with van der Waals surface area (Å²) < 4.78 is 5.36. The lowest BCUT2D eigenvalue weighted by molar-refractivity contribution is -0.0251. The molecule has 1 heterocycles. The van der Waals surface area contributed by atoms with Crippen LogP contribution >= 0.6 is 0 Å². The molecule has 3 rings (SSSR count). The number of benzene rings is 2. The first-order valence-corrected chi connectivity index (χ1v) is 7.19. The van der Waals surface area contributed by atoms with Crippen molar-refractivity contribution in [1.29, 1.82) is 0 Å². The molecule has 1 fully saturated rings. The molecular formula is C17H19NO3. The fourth-order valence-corrected chi connectivity index (χ4v) is 2.67. The first-order chi connectivity index (χ1) is 10.1. The van der Waals surface area contributed by atoms with E-state index in [1.165, 1.54) is 0 Å². The predicted octanol–water partition coefficient (Wildman–Crippen LogP) is 2.11. The number of nitrogens with one attached hydrogen (secondary N) is 1. The molecule has 0 spiro atoms. The standard InChI is InChI=1S/C17H19NO3/c1-12-17(20,8-9-21-12)11-18-16(19)15-7-6-13-4-2-3-5-14(13)10-15/h2-7,10,12,20H,8-9,11H2,1H3,(H,18,19). The van der Waals surface area contributed by atoms with Crippen molar-refractivity contribution in [2.45, 2.75) is 25.0 Å². The van der Waals surface area contributed by atoms with Gasteiger partial charge in [0.15, 0.2) is 0 Å². The van der Waals surface area contributed by atoms with Gasteiger partial charge in [-0.1, -0.05) is 30.3 Å². The third-order valence-electron chi connectivity index (χ3n) is 4.23. The fraction of sp³-hybridized carbons (Fsp3) is 0.353. The molecular weight excluding hydrogens is 266 g/mol. The first kappa shape index (κ1) is 14.0. The van der Waals surface area contributed by atoms with E-state index in [0.717, 1.165) is 10.8 Å². The molecule has 2 N–H and O–H groups in total. The number of hydrogen-bond donors (Lipinski definition) is 2. The van der Waals surface area contributed by atoms with Crippen LogP contribution in [0.3, 0.4) is 0 Å². The maximum atomic E-state index is 12.2. The summed E-state index contributed by atoms with van der Waals surface area (Å²) in [7, 11) is 0. The van der Waals surface area contributed by atoms with Gasteiger partial charge in [-0.3, -0.25) is 4.79 Å². The van der Waals surface area contributed by atoms with E-state index < -0.39 is 5.60 Å². The summed E-state index contributed by atoms with van der Waals surface area (Å²) in [6.07, 6.45) is 0.293. The molecule has 2 atom stereocenters. The van der Waals surface area contributed by atoms with Gasteiger partial charge in [0.1, 0.15) is 5.60 Å². The Morgan fingerprint density at radius 2 is 2.10 bits per heavy atom. The zero-order valence-electron chi connectivity index (χ0n) is 12.0. The number of ether oxygens (including phenoxy) is 1. The largest absolute Gasteiger partial charge is 0.385 e. The number of rotatable bonds is 3. The van der Waals surface area contributed by atoms with E-state index in [1.807, 2.05) is 43.3 Å². The van der Waals surface area contributed by atoms with E-state index in [4.69, 9.17) is 4.74 Å². The smallest absolute Gasteiger partial charge is 0.251 e. The number of carbonyl (C=O) groups excluding carboxylic acids is 1. The Morgan fingerprint density at radius 1 is 1.33 bits per heavy atom. The summed E-state index contributed by atoms with van der Waals surface area (Å²) in [6, 6.07) is 13.5. The highest BCUT2D eigenvalue weighted by atomic mass is 16.5. The van der Waals surface area contributed by atoms with Crippen LogP contribution in [0.4, 0.5) is 0 Å². The lowest BCUT2D eigenvalue weighted by Crippen LogP contribution is -2.47. The van der Waals surface area contributed by atoms with Crippen molar-refractivity contribution in [3.63, 3.8) is 0 Å². The Balaban J connectivity index is 1.72. The van der Waals surface area contributed by atoms with Crippen molar-refractivity contribution in [3.05, 3.63) is 48.0 Å². The Morgan fingerprint density at radius 3 is 2.81 bits per heavy atom. The van der Waals surface area contributed by atoms with Crippen LogP contribution in [0.1, 0.15) is 23.7 Å². The average Bonchev–Trinajstić information content (AvgIpc) is 2.84. The molecule has 1 saturated heterocycles. The molecule has 21 heavy (non-hydrogen) atoms. The van der Waals surface area contributed by atoms with E-state index in [9.17, 15) is 9.90 Å². The van der Waals surface area contributed by atoms with Crippen LogP contribution in [0.15, 0.2) is 42.5 Å². The minimum atomic E-state index is -0.966. The second kappa shape index (κ2) is 5.47. The highest BCUT2D eigenvalue weighted by molar-refractivity contribution is 5.98. The zero-order chi connectivity index (χ0) is 14.9. The first-order valence-electron chi connectivity index (χ1n) is 7.19. The van der Waals surface area contributed by atoms with Crippen molar-refractivity contribution in [2.24, 2.45) is 0 Å². The second-order valence-electron chi connectivity index (χ2n) is 5.61. The molecule has 0 saturated carbocycles. The molecule has 0 aromatic heterocycles. The normalized spacial score (nSPS) is 25.1. The summed E-state index contributed by atoms with van der Waals surface area (Å²) in [5, 5.41) is 15.3. The van der Waals surface area contributed by atoms with E-state index in [-0.39, 0.29) is 18.6 Å². The monoisotopic (exact) mass is 285 g/mol. The van der Waals surface area contributed by atoms with E-state index in [2.05, 4.69) is 5.32 Å². The zero-order valence-corrected chi connectivity index (χ0v) is 12.0. The van der Waals surface area contributed by atoms with Gasteiger partial charge in [-0.15, -0.1) is 0 Å². The number of fused-ring (bicyclic) bond motifs is 1. The van der Waals surface area contributed by atoms with Gasteiger partial charge in [0.2, 0.25) is 0 Å². The van der Waals surface area contributed by atoms with Gasteiger partial charge in [0, 0.05) is 25.1 Å². The van der Waals surface area contributed by atoms with E-state index >= 15 is 0 Å². The van der Waals surface area contributed by atoms with Gasteiger partial charge in [-0.25, -0.2) is 0 Å². The molecule has 4 nitrogen and oxygen atoms in total. The lowest BCUT2D eigenvalue weighted by atomic mass is 9.96. The van der Waals surface area contributed by atoms with Crippen LogP contribution in [0.5, 0.6) is 0 Å². The van der Waals surface area contributed by atoms with E-state index in [1.54, 1.807) is 6.07 Å².